The first-order chi connectivity index (χ1) is 9.13. The molecule has 0 amide bonds. The van der Waals surface area contributed by atoms with Crippen LogP contribution in [0.25, 0.3) is 0 Å². The van der Waals surface area contributed by atoms with Crippen molar-refractivity contribution in [2.75, 3.05) is 25.5 Å². The van der Waals surface area contributed by atoms with Crippen molar-refractivity contribution in [3.63, 3.8) is 0 Å². The fourth-order valence-corrected chi connectivity index (χ4v) is 2.67. The minimum absolute atomic E-state index is 0.419. The predicted molar refractivity (Wildman–Crippen MR) is 84.9 cm³/mol. The van der Waals surface area contributed by atoms with E-state index in [4.69, 9.17) is 4.74 Å². The average molecular weight is 281 g/mol. The smallest absolute Gasteiger partial charge is 0.0560 e. The van der Waals surface area contributed by atoms with Crippen LogP contribution in [0.2, 0.25) is 0 Å². The summed E-state index contributed by atoms with van der Waals surface area (Å²) in [5.74, 6) is 1.64. The van der Waals surface area contributed by atoms with Gasteiger partial charge in [0, 0.05) is 23.3 Å². The van der Waals surface area contributed by atoms with Crippen molar-refractivity contribution < 1.29 is 4.74 Å². The molecule has 0 bridgehead atoms. The first kappa shape index (κ1) is 16.5. The van der Waals surface area contributed by atoms with E-state index in [2.05, 4.69) is 57.3 Å². The molecule has 1 N–H and O–H groups in total. The van der Waals surface area contributed by atoms with Gasteiger partial charge in [0.15, 0.2) is 0 Å². The lowest BCUT2D eigenvalue weighted by Gasteiger charge is -2.13. The standard InChI is InChI=1S/C16H27NOS/c1-5-17-14(4)15-7-6-8-16(11-15)19-10-9-18-12-13(2)3/h6-8,11,13-14,17H,5,9-10,12H2,1-4H3. The molecule has 1 aromatic carbocycles. The number of benzene rings is 1. The van der Waals surface area contributed by atoms with Crippen LogP contribution >= 0.6 is 11.8 Å². The van der Waals surface area contributed by atoms with Crippen LogP contribution < -0.4 is 5.32 Å². The minimum Gasteiger partial charge on any atom is -0.380 e. The Balaban J connectivity index is 2.35. The highest BCUT2D eigenvalue weighted by Gasteiger charge is 2.04. The molecule has 0 aliphatic rings. The first-order valence-corrected chi connectivity index (χ1v) is 8.16. The highest BCUT2D eigenvalue weighted by Crippen LogP contribution is 2.22. The zero-order valence-electron chi connectivity index (χ0n) is 12.6. The molecule has 0 aliphatic heterocycles. The summed E-state index contributed by atoms with van der Waals surface area (Å²) in [6, 6.07) is 9.20. The highest BCUT2D eigenvalue weighted by atomic mass is 32.2. The van der Waals surface area contributed by atoms with Crippen LogP contribution in [0.3, 0.4) is 0 Å². The van der Waals surface area contributed by atoms with E-state index in [0.717, 1.165) is 25.5 Å². The Labute approximate surface area is 122 Å². The lowest BCUT2D eigenvalue weighted by atomic mass is 10.1. The summed E-state index contributed by atoms with van der Waals surface area (Å²) in [5, 5.41) is 3.44. The first-order valence-electron chi connectivity index (χ1n) is 7.17. The Bertz CT molecular complexity index is 354. The molecule has 0 heterocycles. The molecule has 1 rings (SSSR count). The van der Waals surface area contributed by atoms with E-state index in [1.165, 1.54) is 10.5 Å². The summed E-state index contributed by atoms with van der Waals surface area (Å²) in [6.07, 6.45) is 0. The van der Waals surface area contributed by atoms with Gasteiger partial charge in [-0.05, 0) is 37.1 Å². The lowest BCUT2D eigenvalue weighted by Crippen LogP contribution is -2.17. The van der Waals surface area contributed by atoms with Gasteiger partial charge in [0.25, 0.3) is 0 Å². The Morgan fingerprint density at radius 1 is 1.26 bits per heavy atom. The molecule has 0 radical (unpaired) electrons. The van der Waals surface area contributed by atoms with Crippen LogP contribution in [-0.2, 0) is 4.74 Å². The second-order valence-electron chi connectivity index (χ2n) is 5.17. The zero-order valence-corrected chi connectivity index (χ0v) is 13.4. The van der Waals surface area contributed by atoms with Crippen molar-refractivity contribution in [1.82, 2.24) is 5.32 Å². The molecule has 2 nitrogen and oxygen atoms in total. The van der Waals surface area contributed by atoms with Crippen LogP contribution in [0.15, 0.2) is 29.2 Å². The molecule has 1 atom stereocenters. The van der Waals surface area contributed by atoms with Gasteiger partial charge in [0.1, 0.15) is 0 Å². The molecule has 108 valence electrons. The summed E-state index contributed by atoms with van der Waals surface area (Å²) in [5.41, 5.74) is 1.36. The molecule has 0 saturated carbocycles. The maximum atomic E-state index is 5.60. The molecular formula is C16H27NOS. The van der Waals surface area contributed by atoms with Gasteiger partial charge in [-0.2, -0.15) is 0 Å². The second-order valence-corrected chi connectivity index (χ2v) is 6.34. The Morgan fingerprint density at radius 3 is 2.74 bits per heavy atom. The third kappa shape index (κ3) is 7.00. The van der Waals surface area contributed by atoms with Gasteiger partial charge in [-0.25, -0.2) is 0 Å². The van der Waals surface area contributed by atoms with Gasteiger partial charge in [0.05, 0.1) is 6.61 Å². The van der Waals surface area contributed by atoms with Crippen LogP contribution in [0.4, 0.5) is 0 Å². The van der Waals surface area contributed by atoms with Crippen LogP contribution in [-0.4, -0.2) is 25.5 Å². The number of rotatable bonds is 9. The largest absolute Gasteiger partial charge is 0.380 e. The zero-order chi connectivity index (χ0) is 14.1. The van der Waals surface area contributed by atoms with Gasteiger partial charge in [-0.15, -0.1) is 11.8 Å². The predicted octanol–water partition coefficient (Wildman–Crippen LogP) is 4.12. The normalized spacial score (nSPS) is 12.9. The van der Waals surface area contributed by atoms with Gasteiger partial charge >= 0.3 is 0 Å². The van der Waals surface area contributed by atoms with Crippen LogP contribution in [0.1, 0.15) is 39.3 Å². The fourth-order valence-electron chi connectivity index (χ4n) is 1.84. The third-order valence-corrected chi connectivity index (χ3v) is 3.77. The lowest BCUT2D eigenvalue weighted by molar-refractivity contribution is 0.124. The number of thioether (sulfide) groups is 1. The van der Waals surface area contributed by atoms with Crippen molar-refractivity contribution in [2.45, 2.75) is 38.6 Å². The molecular weight excluding hydrogens is 254 g/mol. The van der Waals surface area contributed by atoms with Crippen molar-refractivity contribution in [3.05, 3.63) is 29.8 Å². The van der Waals surface area contributed by atoms with Crippen molar-refractivity contribution in [3.8, 4) is 0 Å². The molecule has 0 aliphatic carbocycles. The van der Waals surface area contributed by atoms with E-state index in [1.807, 2.05) is 11.8 Å². The molecule has 19 heavy (non-hydrogen) atoms. The molecule has 0 aromatic heterocycles. The van der Waals surface area contributed by atoms with E-state index in [0.29, 0.717) is 12.0 Å². The van der Waals surface area contributed by atoms with Gasteiger partial charge in [-0.1, -0.05) is 32.9 Å². The molecule has 0 fully saturated rings. The Hall–Kier alpha value is -0.510. The van der Waals surface area contributed by atoms with Gasteiger partial charge in [-0.3, -0.25) is 0 Å². The minimum atomic E-state index is 0.419. The fraction of sp³-hybridized carbons (Fsp3) is 0.625. The Morgan fingerprint density at radius 2 is 2.05 bits per heavy atom. The summed E-state index contributed by atoms with van der Waals surface area (Å²) >= 11 is 1.87. The molecule has 1 aromatic rings. The SMILES string of the molecule is CCNC(C)c1cccc(SCCOCC(C)C)c1. The van der Waals surface area contributed by atoms with Crippen molar-refractivity contribution in [1.29, 1.82) is 0 Å². The van der Waals surface area contributed by atoms with E-state index >= 15 is 0 Å². The molecule has 0 saturated heterocycles. The quantitative estimate of drug-likeness (QED) is 0.543. The second kappa shape index (κ2) is 9.40. The molecule has 0 spiro atoms. The monoisotopic (exact) mass is 281 g/mol. The van der Waals surface area contributed by atoms with Gasteiger partial charge in [0.2, 0.25) is 0 Å². The van der Waals surface area contributed by atoms with E-state index in [-0.39, 0.29) is 0 Å². The number of hydrogen-bond acceptors (Lipinski definition) is 3. The third-order valence-electron chi connectivity index (χ3n) is 2.82. The van der Waals surface area contributed by atoms with E-state index < -0.39 is 0 Å². The summed E-state index contributed by atoms with van der Waals surface area (Å²) in [4.78, 5) is 1.33. The summed E-state index contributed by atoms with van der Waals surface area (Å²) in [7, 11) is 0. The maximum Gasteiger partial charge on any atom is 0.0560 e. The van der Waals surface area contributed by atoms with Crippen molar-refractivity contribution >= 4 is 11.8 Å². The highest BCUT2D eigenvalue weighted by molar-refractivity contribution is 7.99. The van der Waals surface area contributed by atoms with Gasteiger partial charge < -0.3 is 10.1 Å². The molecule has 3 heteroatoms. The topological polar surface area (TPSA) is 21.3 Å². The molecule has 1 unspecified atom stereocenters. The number of hydrogen-bond donors (Lipinski definition) is 1. The maximum absolute atomic E-state index is 5.60. The summed E-state index contributed by atoms with van der Waals surface area (Å²) in [6.45, 7) is 11.4. The van der Waals surface area contributed by atoms with Crippen LogP contribution in [0, 0.1) is 5.92 Å². The van der Waals surface area contributed by atoms with Crippen LogP contribution in [0.5, 0.6) is 0 Å². The summed E-state index contributed by atoms with van der Waals surface area (Å²) < 4.78 is 5.60. The van der Waals surface area contributed by atoms with E-state index in [9.17, 15) is 0 Å². The van der Waals surface area contributed by atoms with Crippen molar-refractivity contribution in [2.24, 2.45) is 5.92 Å². The average Bonchev–Trinajstić information content (AvgIpc) is 2.38. The van der Waals surface area contributed by atoms with E-state index in [1.54, 1.807) is 0 Å². The number of nitrogens with one attached hydrogen (secondary N) is 1. The Kier molecular flexibility index (Phi) is 8.19. The number of ether oxygens (including phenoxy) is 1.